The van der Waals surface area contributed by atoms with Gasteiger partial charge in [-0.1, -0.05) is 0 Å². The molecule has 0 unspecified atom stereocenters. The third kappa shape index (κ3) is 3.49. The lowest BCUT2D eigenvalue weighted by molar-refractivity contribution is -0.118. The fourth-order valence-corrected chi connectivity index (χ4v) is 2.48. The van der Waals surface area contributed by atoms with Gasteiger partial charge in [-0.05, 0) is 13.8 Å². The largest absolute Gasteiger partial charge is 0.379 e. The number of nitrogens with one attached hydrogen (secondary N) is 1. The van der Waals surface area contributed by atoms with Gasteiger partial charge in [-0.2, -0.15) is 0 Å². The van der Waals surface area contributed by atoms with Crippen LogP contribution in [0.25, 0.3) is 0 Å². The van der Waals surface area contributed by atoms with E-state index < -0.39 is 0 Å². The lowest BCUT2D eigenvalue weighted by Crippen LogP contribution is -2.41. The molecule has 1 aliphatic heterocycles. The Bertz CT molecular complexity index is 380. The molecule has 1 saturated heterocycles. The lowest BCUT2D eigenvalue weighted by Gasteiger charge is -2.25. The summed E-state index contributed by atoms with van der Waals surface area (Å²) in [5.41, 5.74) is 0.983. The van der Waals surface area contributed by atoms with Crippen molar-refractivity contribution in [3.8, 4) is 0 Å². The molecular weight excluding hydrogens is 238 g/mol. The van der Waals surface area contributed by atoms with E-state index in [2.05, 4.69) is 15.2 Å². The minimum absolute atomic E-state index is 0.000602. The first-order chi connectivity index (χ1) is 8.15. The van der Waals surface area contributed by atoms with Gasteiger partial charge in [0.05, 0.1) is 25.5 Å². The van der Waals surface area contributed by atoms with Crippen LogP contribution < -0.4 is 5.32 Å². The Morgan fingerprint density at radius 2 is 2.18 bits per heavy atom. The van der Waals surface area contributed by atoms with Crippen molar-refractivity contribution < 1.29 is 9.53 Å². The van der Waals surface area contributed by atoms with E-state index in [9.17, 15) is 4.79 Å². The van der Waals surface area contributed by atoms with Gasteiger partial charge in [-0.15, -0.1) is 11.3 Å². The molecule has 17 heavy (non-hydrogen) atoms. The summed E-state index contributed by atoms with van der Waals surface area (Å²) in [6.07, 6.45) is 0. The van der Waals surface area contributed by atoms with Gasteiger partial charge in [-0.3, -0.25) is 9.69 Å². The van der Waals surface area contributed by atoms with Crippen molar-refractivity contribution in [2.75, 3.05) is 38.2 Å². The maximum absolute atomic E-state index is 11.8. The lowest BCUT2D eigenvalue weighted by atomic mass is 10.4. The SMILES string of the molecule is Cc1nc(NC(=O)CN2CCOCC2)sc1C. The molecular formula is C11H17N3O2S. The van der Waals surface area contributed by atoms with E-state index in [1.807, 2.05) is 13.8 Å². The van der Waals surface area contributed by atoms with Gasteiger partial charge in [-0.25, -0.2) is 4.98 Å². The third-order valence-corrected chi connectivity index (χ3v) is 3.73. The Balaban J connectivity index is 1.84. The standard InChI is InChI=1S/C11H17N3O2S/c1-8-9(2)17-11(12-8)13-10(15)7-14-3-5-16-6-4-14/h3-7H2,1-2H3,(H,12,13,15). The summed E-state index contributed by atoms with van der Waals surface area (Å²) in [4.78, 5) is 19.3. The molecule has 1 aromatic rings. The topological polar surface area (TPSA) is 54.5 Å². The van der Waals surface area contributed by atoms with E-state index in [4.69, 9.17) is 4.74 Å². The zero-order valence-corrected chi connectivity index (χ0v) is 11.0. The summed E-state index contributed by atoms with van der Waals surface area (Å²) >= 11 is 1.52. The van der Waals surface area contributed by atoms with Crippen LogP contribution in [0.2, 0.25) is 0 Å². The van der Waals surface area contributed by atoms with Crippen molar-refractivity contribution in [2.45, 2.75) is 13.8 Å². The van der Waals surface area contributed by atoms with E-state index in [0.717, 1.165) is 23.7 Å². The zero-order chi connectivity index (χ0) is 12.3. The Kier molecular flexibility index (Phi) is 4.09. The first-order valence-corrected chi connectivity index (χ1v) is 6.51. The van der Waals surface area contributed by atoms with Crippen LogP contribution in [0.15, 0.2) is 0 Å². The molecule has 94 valence electrons. The van der Waals surface area contributed by atoms with Crippen LogP contribution >= 0.6 is 11.3 Å². The van der Waals surface area contributed by atoms with Crippen LogP contribution in [-0.2, 0) is 9.53 Å². The number of aryl methyl sites for hydroxylation is 2. The monoisotopic (exact) mass is 255 g/mol. The number of thiazole rings is 1. The Morgan fingerprint density at radius 3 is 2.76 bits per heavy atom. The number of carbonyl (C=O) groups excluding carboxylic acids is 1. The van der Waals surface area contributed by atoms with Gasteiger partial charge >= 0.3 is 0 Å². The molecule has 0 saturated carbocycles. The molecule has 0 atom stereocenters. The quantitative estimate of drug-likeness (QED) is 0.876. The minimum Gasteiger partial charge on any atom is -0.379 e. The molecule has 1 aliphatic rings. The Hall–Kier alpha value is -0.980. The highest BCUT2D eigenvalue weighted by atomic mass is 32.1. The minimum atomic E-state index is 0.000602. The van der Waals surface area contributed by atoms with E-state index >= 15 is 0 Å². The fourth-order valence-electron chi connectivity index (χ4n) is 1.65. The van der Waals surface area contributed by atoms with Gasteiger partial charge in [0.15, 0.2) is 5.13 Å². The molecule has 1 N–H and O–H groups in total. The molecule has 6 heteroatoms. The van der Waals surface area contributed by atoms with E-state index in [0.29, 0.717) is 24.9 Å². The summed E-state index contributed by atoms with van der Waals surface area (Å²) in [5.74, 6) is 0.000602. The van der Waals surface area contributed by atoms with Crippen molar-refractivity contribution in [3.63, 3.8) is 0 Å². The smallest absolute Gasteiger partial charge is 0.240 e. The fraction of sp³-hybridized carbons (Fsp3) is 0.636. The predicted molar refractivity (Wildman–Crippen MR) is 67.5 cm³/mol. The van der Waals surface area contributed by atoms with Crippen molar-refractivity contribution in [1.29, 1.82) is 0 Å². The number of hydrogen-bond acceptors (Lipinski definition) is 5. The van der Waals surface area contributed by atoms with Crippen LogP contribution in [0.1, 0.15) is 10.6 Å². The number of carbonyl (C=O) groups is 1. The van der Waals surface area contributed by atoms with E-state index in [-0.39, 0.29) is 5.91 Å². The van der Waals surface area contributed by atoms with Crippen LogP contribution in [0.4, 0.5) is 5.13 Å². The molecule has 0 aliphatic carbocycles. The van der Waals surface area contributed by atoms with E-state index in [1.54, 1.807) is 0 Å². The molecule has 0 spiro atoms. The molecule has 0 bridgehead atoms. The zero-order valence-electron chi connectivity index (χ0n) is 10.2. The summed E-state index contributed by atoms with van der Waals surface area (Å²) in [7, 11) is 0. The van der Waals surface area contributed by atoms with Crippen molar-refractivity contribution >= 4 is 22.4 Å². The summed E-state index contributed by atoms with van der Waals surface area (Å²) in [6, 6.07) is 0. The molecule has 5 nitrogen and oxygen atoms in total. The second-order valence-electron chi connectivity index (χ2n) is 4.10. The predicted octanol–water partition coefficient (Wildman–Crippen LogP) is 1.03. The van der Waals surface area contributed by atoms with Crippen molar-refractivity contribution in [1.82, 2.24) is 9.88 Å². The molecule has 1 fully saturated rings. The van der Waals surface area contributed by atoms with E-state index in [1.165, 1.54) is 11.3 Å². The number of nitrogens with zero attached hydrogens (tertiary/aromatic N) is 2. The van der Waals surface area contributed by atoms with Gasteiger partial charge in [0.25, 0.3) is 0 Å². The van der Waals surface area contributed by atoms with Gasteiger partial charge in [0, 0.05) is 18.0 Å². The second kappa shape index (κ2) is 5.57. The summed E-state index contributed by atoms with van der Waals surface area (Å²) in [6.45, 7) is 7.44. The highest BCUT2D eigenvalue weighted by molar-refractivity contribution is 7.15. The molecule has 0 radical (unpaired) electrons. The molecule has 1 amide bonds. The van der Waals surface area contributed by atoms with Crippen LogP contribution in [0.5, 0.6) is 0 Å². The maximum atomic E-state index is 11.8. The summed E-state index contributed by atoms with van der Waals surface area (Å²) in [5, 5.41) is 3.53. The highest BCUT2D eigenvalue weighted by Gasteiger charge is 2.15. The average molecular weight is 255 g/mol. The Morgan fingerprint density at radius 1 is 1.47 bits per heavy atom. The number of amides is 1. The second-order valence-corrected chi connectivity index (χ2v) is 5.30. The normalized spacial score (nSPS) is 17.1. The number of morpholine rings is 1. The summed E-state index contributed by atoms with van der Waals surface area (Å²) < 4.78 is 5.23. The van der Waals surface area contributed by atoms with Crippen LogP contribution in [-0.4, -0.2) is 48.6 Å². The van der Waals surface area contributed by atoms with Gasteiger partial charge in [0.1, 0.15) is 0 Å². The molecule has 0 aromatic carbocycles. The maximum Gasteiger partial charge on any atom is 0.240 e. The van der Waals surface area contributed by atoms with Crippen molar-refractivity contribution in [2.24, 2.45) is 0 Å². The number of aromatic nitrogens is 1. The highest BCUT2D eigenvalue weighted by Crippen LogP contribution is 2.20. The number of hydrogen-bond donors (Lipinski definition) is 1. The first kappa shape index (κ1) is 12.5. The van der Waals surface area contributed by atoms with Crippen LogP contribution in [0, 0.1) is 13.8 Å². The Labute approximate surface area is 105 Å². The van der Waals surface area contributed by atoms with Crippen molar-refractivity contribution in [3.05, 3.63) is 10.6 Å². The van der Waals surface area contributed by atoms with Gasteiger partial charge in [0.2, 0.25) is 5.91 Å². The molecule has 1 aromatic heterocycles. The molecule has 2 heterocycles. The third-order valence-electron chi connectivity index (χ3n) is 2.75. The number of ether oxygens (including phenoxy) is 1. The number of rotatable bonds is 3. The first-order valence-electron chi connectivity index (χ1n) is 5.69. The van der Waals surface area contributed by atoms with Gasteiger partial charge < -0.3 is 10.1 Å². The van der Waals surface area contributed by atoms with Crippen LogP contribution in [0.3, 0.4) is 0 Å². The number of anilines is 1. The average Bonchev–Trinajstić information content (AvgIpc) is 2.59. The molecule has 2 rings (SSSR count).